The van der Waals surface area contributed by atoms with Crippen LogP contribution in [0.1, 0.15) is 32.6 Å². The van der Waals surface area contributed by atoms with E-state index in [-0.39, 0.29) is 0 Å². The lowest BCUT2D eigenvalue weighted by Gasteiger charge is -2.10. The highest BCUT2D eigenvalue weighted by Crippen LogP contribution is 2.52. The van der Waals surface area contributed by atoms with Gasteiger partial charge in [-0.05, 0) is 31.7 Å². The second kappa shape index (κ2) is 1.72. The van der Waals surface area contributed by atoms with Gasteiger partial charge in [-0.3, -0.25) is 0 Å². The molecule has 0 aromatic heterocycles. The molecule has 1 heterocycles. The molecule has 1 unspecified atom stereocenters. The fraction of sp³-hybridized carbons (Fsp3) is 1.00. The minimum Gasteiger partial charge on any atom is -0.311 e. The lowest BCUT2D eigenvalue weighted by Crippen LogP contribution is -2.27. The van der Waals surface area contributed by atoms with Gasteiger partial charge in [0.05, 0.1) is 0 Å². The van der Waals surface area contributed by atoms with E-state index in [0.717, 1.165) is 5.92 Å². The van der Waals surface area contributed by atoms with Crippen molar-refractivity contribution in [1.29, 1.82) is 0 Å². The molecule has 0 amide bonds. The number of hydrogen-bond donors (Lipinski definition) is 1. The molecule has 0 bridgehead atoms. The van der Waals surface area contributed by atoms with Gasteiger partial charge in [0.1, 0.15) is 0 Å². The molecule has 1 N–H and O–H groups in total. The Morgan fingerprint density at radius 3 is 3.00 bits per heavy atom. The molecule has 1 saturated carbocycles. The van der Waals surface area contributed by atoms with E-state index in [0.29, 0.717) is 5.54 Å². The van der Waals surface area contributed by atoms with E-state index in [1.165, 1.54) is 32.2 Å². The molecule has 9 heavy (non-hydrogen) atoms. The predicted octanol–water partition coefficient (Wildman–Crippen LogP) is 1.54. The first kappa shape index (κ1) is 5.72. The fourth-order valence-corrected chi connectivity index (χ4v) is 2.31. The van der Waals surface area contributed by atoms with Gasteiger partial charge in [-0.1, -0.05) is 13.3 Å². The summed E-state index contributed by atoms with van der Waals surface area (Å²) in [6.07, 6.45) is 5.68. The third kappa shape index (κ3) is 0.710. The van der Waals surface area contributed by atoms with Crippen molar-refractivity contribution in [3.8, 4) is 0 Å². The highest BCUT2D eigenvalue weighted by atomic mass is 15.1. The van der Waals surface area contributed by atoms with Gasteiger partial charge in [-0.25, -0.2) is 0 Å². The summed E-state index contributed by atoms with van der Waals surface area (Å²) in [5, 5.41) is 3.61. The van der Waals surface area contributed by atoms with E-state index in [1.54, 1.807) is 0 Å². The van der Waals surface area contributed by atoms with Crippen molar-refractivity contribution in [2.75, 3.05) is 6.54 Å². The molecule has 1 nitrogen and oxygen atoms in total. The van der Waals surface area contributed by atoms with Crippen LogP contribution in [-0.4, -0.2) is 12.1 Å². The molecule has 2 fully saturated rings. The molecule has 0 aromatic carbocycles. The van der Waals surface area contributed by atoms with Gasteiger partial charge in [0.2, 0.25) is 0 Å². The molecule has 52 valence electrons. The van der Waals surface area contributed by atoms with E-state index in [2.05, 4.69) is 12.2 Å². The van der Waals surface area contributed by atoms with Crippen molar-refractivity contribution in [3.63, 3.8) is 0 Å². The first-order valence-corrected chi connectivity index (χ1v) is 4.12. The second-order valence-electron chi connectivity index (χ2n) is 3.52. The average Bonchev–Trinajstić information content (AvgIpc) is 2.37. The number of rotatable bonds is 2. The number of piperidine rings is 1. The van der Waals surface area contributed by atoms with Crippen molar-refractivity contribution in [1.82, 2.24) is 5.32 Å². The largest absolute Gasteiger partial charge is 0.311 e. The standard InChI is InChI=1S/C8H15N/c1-2-4-8-6-7(8)3-5-9-8/h7,9H,2-6H2,1H3/t7-,8?/m1/s1. The third-order valence-electron chi connectivity index (χ3n) is 2.90. The Morgan fingerprint density at radius 1 is 1.67 bits per heavy atom. The zero-order valence-corrected chi connectivity index (χ0v) is 6.11. The van der Waals surface area contributed by atoms with Crippen LogP contribution in [0.15, 0.2) is 0 Å². The molecular formula is C8H15N. The molecule has 0 aromatic rings. The van der Waals surface area contributed by atoms with Gasteiger partial charge in [0.15, 0.2) is 0 Å². The smallest absolute Gasteiger partial charge is 0.0214 e. The Hall–Kier alpha value is -0.0400. The van der Waals surface area contributed by atoms with Crippen LogP contribution in [0.2, 0.25) is 0 Å². The van der Waals surface area contributed by atoms with E-state index >= 15 is 0 Å². The van der Waals surface area contributed by atoms with Crippen molar-refractivity contribution in [3.05, 3.63) is 0 Å². The highest BCUT2D eigenvalue weighted by Gasteiger charge is 2.55. The van der Waals surface area contributed by atoms with E-state index in [4.69, 9.17) is 0 Å². The topological polar surface area (TPSA) is 12.0 Å². The molecule has 1 heteroatoms. The van der Waals surface area contributed by atoms with Crippen LogP contribution >= 0.6 is 0 Å². The third-order valence-corrected chi connectivity index (χ3v) is 2.90. The van der Waals surface area contributed by atoms with Gasteiger partial charge in [0, 0.05) is 5.54 Å². The molecule has 1 aliphatic heterocycles. The number of hydrogen-bond acceptors (Lipinski definition) is 1. The van der Waals surface area contributed by atoms with Crippen molar-refractivity contribution in [2.45, 2.75) is 38.1 Å². The molecule has 1 saturated heterocycles. The fourth-order valence-electron chi connectivity index (χ4n) is 2.31. The molecule has 2 rings (SSSR count). The van der Waals surface area contributed by atoms with Crippen LogP contribution in [0.3, 0.4) is 0 Å². The molecule has 2 atom stereocenters. The molecule has 0 spiro atoms. The van der Waals surface area contributed by atoms with E-state index in [9.17, 15) is 0 Å². The first-order chi connectivity index (χ1) is 4.37. The van der Waals surface area contributed by atoms with Gasteiger partial charge in [-0.15, -0.1) is 0 Å². The van der Waals surface area contributed by atoms with E-state index < -0.39 is 0 Å². The van der Waals surface area contributed by atoms with Crippen LogP contribution in [-0.2, 0) is 0 Å². The Labute approximate surface area is 56.8 Å². The summed E-state index contributed by atoms with van der Waals surface area (Å²) in [5.74, 6) is 1.07. The second-order valence-corrected chi connectivity index (χ2v) is 3.52. The Kier molecular flexibility index (Phi) is 1.10. The molecule has 0 radical (unpaired) electrons. The van der Waals surface area contributed by atoms with Crippen molar-refractivity contribution < 1.29 is 0 Å². The summed E-state index contributed by atoms with van der Waals surface area (Å²) in [4.78, 5) is 0. The summed E-state index contributed by atoms with van der Waals surface area (Å²) in [6, 6.07) is 0. The quantitative estimate of drug-likeness (QED) is 0.590. The molecule has 2 aliphatic rings. The summed E-state index contributed by atoms with van der Waals surface area (Å²) >= 11 is 0. The van der Waals surface area contributed by atoms with Crippen LogP contribution < -0.4 is 5.32 Å². The zero-order chi connectivity index (χ0) is 6.32. The number of fused-ring (bicyclic) bond motifs is 1. The van der Waals surface area contributed by atoms with Crippen LogP contribution in [0.4, 0.5) is 0 Å². The van der Waals surface area contributed by atoms with E-state index in [1.807, 2.05) is 0 Å². The van der Waals surface area contributed by atoms with Crippen molar-refractivity contribution >= 4 is 0 Å². The normalized spacial score (nSPS) is 47.0. The summed E-state index contributed by atoms with van der Waals surface area (Å²) < 4.78 is 0. The minimum atomic E-state index is 0.661. The highest BCUT2D eigenvalue weighted by molar-refractivity contribution is 5.13. The number of nitrogens with one attached hydrogen (secondary N) is 1. The maximum absolute atomic E-state index is 3.61. The van der Waals surface area contributed by atoms with Gasteiger partial charge in [0.25, 0.3) is 0 Å². The maximum atomic E-state index is 3.61. The van der Waals surface area contributed by atoms with Crippen molar-refractivity contribution in [2.24, 2.45) is 5.92 Å². The lowest BCUT2D eigenvalue weighted by molar-refractivity contribution is 0.500. The molecular weight excluding hydrogens is 110 g/mol. The zero-order valence-electron chi connectivity index (χ0n) is 6.11. The maximum Gasteiger partial charge on any atom is 0.0214 e. The summed E-state index contributed by atoms with van der Waals surface area (Å²) in [6.45, 7) is 3.56. The predicted molar refractivity (Wildman–Crippen MR) is 38.4 cm³/mol. The Balaban J connectivity index is 1.95. The van der Waals surface area contributed by atoms with Crippen LogP contribution in [0.5, 0.6) is 0 Å². The van der Waals surface area contributed by atoms with Crippen LogP contribution in [0, 0.1) is 5.92 Å². The SMILES string of the molecule is CCCC12C[C@H]1CCN2. The summed E-state index contributed by atoms with van der Waals surface area (Å²) in [7, 11) is 0. The Bertz CT molecular complexity index is 122. The Morgan fingerprint density at radius 2 is 2.56 bits per heavy atom. The van der Waals surface area contributed by atoms with Crippen LogP contribution in [0.25, 0.3) is 0 Å². The molecule has 1 aliphatic carbocycles. The van der Waals surface area contributed by atoms with Gasteiger partial charge in [-0.2, -0.15) is 0 Å². The average molecular weight is 125 g/mol. The van der Waals surface area contributed by atoms with Gasteiger partial charge < -0.3 is 5.32 Å². The first-order valence-electron chi connectivity index (χ1n) is 4.12. The summed E-state index contributed by atoms with van der Waals surface area (Å²) in [5.41, 5.74) is 0.661. The van der Waals surface area contributed by atoms with Gasteiger partial charge >= 0.3 is 0 Å². The monoisotopic (exact) mass is 125 g/mol. The lowest BCUT2D eigenvalue weighted by atomic mass is 10.1. The minimum absolute atomic E-state index is 0.661.